The predicted molar refractivity (Wildman–Crippen MR) is 57.7 cm³/mol. The molecule has 0 radical (unpaired) electrons. The zero-order chi connectivity index (χ0) is 11.4. The Hall–Kier alpha value is -1.28. The van der Waals surface area contributed by atoms with E-state index in [1.54, 1.807) is 4.90 Å². The molecule has 1 aliphatic carbocycles. The number of nitriles is 1. The maximum Gasteiger partial charge on any atom is 0.317 e. The molecule has 0 bridgehead atoms. The van der Waals surface area contributed by atoms with Crippen LogP contribution in [-0.2, 0) is 4.74 Å². The lowest BCUT2D eigenvalue weighted by atomic mass is 10.3. The van der Waals surface area contributed by atoms with Gasteiger partial charge in [-0.25, -0.2) is 4.79 Å². The van der Waals surface area contributed by atoms with Crippen LogP contribution in [0.5, 0.6) is 0 Å². The summed E-state index contributed by atoms with van der Waals surface area (Å²) in [4.78, 5) is 13.7. The van der Waals surface area contributed by atoms with Gasteiger partial charge in [0, 0.05) is 19.2 Å². The van der Waals surface area contributed by atoms with Crippen molar-refractivity contribution in [2.45, 2.75) is 37.8 Å². The Kier molecular flexibility index (Phi) is 3.62. The van der Waals surface area contributed by atoms with Gasteiger partial charge in [0.1, 0.15) is 0 Å². The molecule has 1 saturated heterocycles. The van der Waals surface area contributed by atoms with E-state index >= 15 is 0 Å². The summed E-state index contributed by atoms with van der Waals surface area (Å²) in [5.74, 6) is 0. The summed E-state index contributed by atoms with van der Waals surface area (Å²) in [6, 6.07) is 2.55. The molecule has 1 heterocycles. The molecule has 1 N–H and O–H groups in total. The number of carbonyl (C=O) groups is 1. The van der Waals surface area contributed by atoms with Crippen molar-refractivity contribution in [3.05, 3.63) is 0 Å². The minimum atomic E-state index is -0.0340. The van der Waals surface area contributed by atoms with E-state index in [1.165, 1.54) is 0 Å². The molecule has 16 heavy (non-hydrogen) atoms. The highest BCUT2D eigenvalue weighted by molar-refractivity contribution is 5.75. The molecule has 1 atom stereocenters. The number of ether oxygens (including phenoxy) is 1. The van der Waals surface area contributed by atoms with E-state index in [2.05, 4.69) is 11.4 Å². The van der Waals surface area contributed by atoms with Gasteiger partial charge >= 0.3 is 6.03 Å². The van der Waals surface area contributed by atoms with Crippen molar-refractivity contribution in [2.75, 3.05) is 19.8 Å². The molecule has 1 aliphatic heterocycles. The van der Waals surface area contributed by atoms with Gasteiger partial charge in [0.15, 0.2) is 0 Å². The Balaban J connectivity index is 1.81. The van der Waals surface area contributed by atoms with E-state index < -0.39 is 0 Å². The number of hydrogen-bond acceptors (Lipinski definition) is 3. The van der Waals surface area contributed by atoms with E-state index in [9.17, 15) is 4.79 Å². The maximum absolute atomic E-state index is 11.9. The fourth-order valence-electron chi connectivity index (χ4n) is 1.91. The average Bonchev–Trinajstić information content (AvgIpc) is 2.98. The summed E-state index contributed by atoms with van der Waals surface area (Å²) in [6.45, 7) is 1.88. The lowest BCUT2D eigenvalue weighted by molar-refractivity contribution is 0.177. The van der Waals surface area contributed by atoms with Crippen LogP contribution in [0.1, 0.15) is 25.7 Å². The number of urea groups is 1. The Morgan fingerprint density at radius 3 is 2.88 bits per heavy atom. The smallest absolute Gasteiger partial charge is 0.317 e. The van der Waals surface area contributed by atoms with Gasteiger partial charge in [0.2, 0.25) is 0 Å². The van der Waals surface area contributed by atoms with Crippen molar-refractivity contribution in [3.8, 4) is 6.07 Å². The molecule has 2 aliphatic rings. The van der Waals surface area contributed by atoms with Crippen LogP contribution in [0.15, 0.2) is 0 Å². The summed E-state index contributed by atoms with van der Waals surface area (Å²) in [5.41, 5.74) is 0. The average molecular weight is 223 g/mol. The maximum atomic E-state index is 11.9. The van der Waals surface area contributed by atoms with Crippen molar-refractivity contribution in [2.24, 2.45) is 0 Å². The fourth-order valence-corrected chi connectivity index (χ4v) is 1.91. The Morgan fingerprint density at radius 1 is 1.50 bits per heavy atom. The third-order valence-electron chi connectivity index (χ3n) is 2.97. The highest BCUT2D eigenvalue weighted by Crippen LogP contribution is 2.27. The summed E-state index contributed by atoms with van der Waals surface area (Å²) < 4.78 is 5.21. The van der Waals surface area contributed by atoms with Gasteiger partial charge in [0.05, 0.1) is 25.1 Å². The third-order valence-corrected chi connectivity index (χ3v) is 2.97. The van der Waals surface area contributed by atoms with Gasteiger partial charge in [-0.15, -0.1) is 0 Å². The number of hydrogen-bond donors (Lipinski definition) is 1. The lowest BCUT2D eigenvalue weighted by Crippen LogP contribution is -2.46. The van der Waals surface area contributed by atoms with Crippen molar-refractivity contribution < 1.29 is 9.53 Å². The van der Waals surface area contributed by atoms with Crippen LogP contribution >= 0.6 is 0 Å². The van der Waals surface area contributed by atoms with E-state index in [1.807, 2.05) is 0 Å². The standard InChI is InChI=1S/C11H17N3O2/c12-5-1-6-14(10-2-3-10)11(15)13-9-4-7-16-8-9/h9-10H,1-4,6-8H2,(H,13,15). The van der Waals surface area contributed by atoms with Gasteiger partial charge in [0.25, 0.3) is 0 Å². The molecular formula is C11H17N3O2. The van der Waals surface area contributed by atoms with Crippen LogP contribution in [0.3, 0.4) is 0 Å². The van der Waals surface area contributed by atoms with E-state index in [-0.39, 0.29) is 12.1 Å². The quantitative estimate of drug-likeness (QED) is 0.768. The molecular weight excluding hydrogens is 206 g/mol. The SMILES string of the molecule is N#CCCN(C(=O)NC1CCOC1)C1CC1. The van der Waals surface area contributed by atoms with Crippen LogP contribution < -0.4 is 5.32 Å². The summed E-state index contributed by atoms with van der Waals surface area (Å²) in [6.07, 6.45) is 3.44. The molecule has 0 spiro atoms. The van der Waals surface area contributed by atoms with Gasteiger partial charge in [-0.1, -0.05) is 0 Å². The summed E-state index contributed by atoms with van der Waals surface area (Å²) in [5, 5.41) is 11.5. The number of rotatable bonds is 4. The second kappa shape index (κ2) is 5.17. The Bertz CT molecular complexity index is 290. The normalized spacial score (nSPS) is 23.8. The van der Waals surface area contributed by atoms with Crippen LogP contribution in [0, 0.1) is 11.3 Å². The zero-order valence-corrected chi connectivity index (χ0v) is 9.32. The highest BCUT2D eigenvalue weighted by atomic mass is 16.5. The first-order chi connectivity index (χ1) is 7.81. The molecule has 2 fully saturated rings. The van der Waals surface area contributed by atoms with Crippen molar-refractivity contribution in [3.63, 3.8) is 0 Å². The van der Waals surface area contributed by atoms with Gasteiger partial charge in [-0.3, -0.25) is 0 Å². The third kappa shape index (κ3) is 2.86. The molecule has 0 aromatic rings. The van der Waals surface area contributed by atoms with Gasteiger partial charge in [-0.2, -0.15) is 5.26 Å². The van der Waals surface area contributed by atoms with E-state index in [0.717, 1.165) is 25.9 Å². The number of nitrogens with one attached hydrogen (secondary N) is 1. The van der Waals surface area contributed by atoms with Gasteiger partial charge in [-0.05, 0) is 19.3 Å². The second-order valence-electron chi connectivity index (χ2n) is 4.34. The molecule has 2 rings (SSSR count). The molecule has 2 amide bonds. The van der Waals surface area contributed by atoms with Crippen LogP contribution in [0.4, 0.5) is 4.79 Å². The first-order valence-electron chi connectivity index (χ1n) is 5.83. The number of nitrogens with zero attached hydrogens (tertiary/aromatic N) is 2. The second-order valence-corrected chi connectivity index (χ2v) is 4.34. The zero-order valence-electron chi connectivity index (χ0n) is 9.32. The number of carbonyl (C=O) groups excluding carboxylic acids is 1. The van der Waals surface area contributed by atoms with E-state index in [0.29, 0.717) is 25.6 Å². The minimum absolute atomic E-state index is 0.0340. The first kappa shape index (κ1) is 11.2. The van der Waals surface area contributed by atoms with Crippen LogP contribution in [0.2, 0.25) is 0 Å². The summed E-state index contributed by atoms with van der Waals surface area (Å²) in [7, 11) is 0. The lowest BCUT2D eigenvalue weighted by Gasteiger charge is -2.23. The summed E-state index contributed by atoms with van der Waals surface area (Å²) >= 11 is 0. The molecule has 0 aromatic heterocycles. The van der Waals surface area contributed by atoms with Crippen LogP contribution in [-0.4, -0.2) is 42.8 Å². The fraction of sp³-hybridized carbons (Fsp3) is 0.818. The van der Waals surface area contributed by atoms with Gasteiger partial charge < -0.3 is 15.0 Å². The van der Waals surface area contributed by atoms with Crippen molar-refractivity contribution in [1.82, 2.24) is 10.2 Å². The molecule has 5 heteroatoms. The minimum Gasteiger partial charge on any atom is -0.379 e. The Labute approximate surface area is 95.4 Å². The van der Waals surface area contributed by atoms with Crippen LogP contribution in [0.25, 0.3) is 0 Å². The molecule has 1 saturated carbocycles. The first-order valence-corrected chi connectivity index (χ1v) is 5.83. The number of amides is 2. The molecule has 0 aromatic carbocycles. The topological polar surface area (TPSA) is 65.4 Å². The molecule has 5 nitrogen and oxygen atoms in total. The van der Waals surface area contributed by atoms with E-state index in [4.69, 9.17) is 10.00 Å². The molecule has 1 unspecified atom stereocenters. The van der Waals surface area contributed by atoms with Crippen molar-refractivity contribution >= 4 is 6.03 Å². The Morgan fingerprint density at radius 2 is 2.31 bits per heavy atom. The van der Waals surface area contributed by atoms with Crippen molar-refractivity contribution in [1.29, 1.82) is 5.26 Å². The largest absolute Gasteiger partial charge is 0.379 e. The molecule has 88 valence electrons. The predicted octanol–water partition coefficient (Wildman–Crippen LogP) is 0.863. The monoisotopic (exact) mass is 223 g/mol. The highest BCUT2D eigenvalue weighted by Gasteiger charge is 2.33.